The number of nitrogens with one attached hydrogen (secondary N) is 1. The largest absolute Gasteiger partial charge is 0.338 e. The lowest BCUT2D eigenvalue weighted by molar-refractivity contribution is 0.443. The van der Waals surface area contributed by atoms with Gasteiger partial charge in [-0.1, -0.05) is 0 Å². The van der Waals surface area contributed by atoms with E-state index in [1.807, 2.05) is 13.1 Å². The summed E-state index contributed by atoms with van der Waals surface area (Å²) >= 11 is 0. The highest BCUT2D eigenvalue weighted by Gasteiger charge is 2.26. The molecule has 2 rings (SSSR count). The Morgan fingerprint density at radius 2 is 2.08 bits per heavy atom. The number of nitrogens with zero attached hydrogens (tertiary/aromatic N) is 3. The maximum absolute atomic E-state index is 4.16. The van der Waals surface area contributed by atoms with E-state index < -0.39 is 0 Å². The molecular weight excluding hydrogens is 152 g/mol. The third-order valence-corrected chi connectivity index (χ3v) is 2.12. The summed E-state index contributed by atoms with van der Waals surface area (Å²) in [4.78, 5) is 10.5. The maximum atomic E-state index is 4.16. The van der Waals surface area contributed by atoms with E-state index in [2.05, 4.69) is 20.2 Å². The number of rotatable bonds is 2. The van der Waals surface area contributed by atoms with Crippen LogP contribution in [0.2, 0.25) is 0 Å². The zero-order valence-corrected chi connectivity index (χ0v) is 7.07. The number of likely N-dealkylation sites (N-methyl/N-ethyl adjacent to an activating group) is 1. The van der Waals surface area contributed by atoms with Crippen LogP contribution in [0.25, 0.3) is 0 Å². The lowest BCUT2D eigenvalue weighted by Crippen LogP contribution is -2.57. The molecule has 0 atom stereocenters. The zero-order chi connectivity index (χ0) is 8.39. The van der Waals surface area contributed by atoms with Gasteiger partial charge in [0.05, 0.1) is 0 Å². The van der Waals surface area contributed by atoms with E-state index >= 15 is 0 Å². The van der Waals surface area contributed by atoms with Crippen LogP contribution in [-0.2, 0) is 0 Å². The van der Waals surface area contributed by atoms with Crippen LogP contribution >= 0.6 is 0 Å². The Labute approximate surface area is 71.6 Å². The number of hydrogen-bond donors (Lipinski definition) is 1. The smallest absolute Gasteiger partial charge is 0.225 e. The van der Waals surface area contributed by atoms with Gasteiger partial charge in [0, 0.05) is 31.5 Å². The van der Waals surface area contributed by atoms with Gasteiger partial charge < -0.3 is 10.2 Å². The standard InChI is InChI=1S/C8H12N4/c1-9-7-5-12(6-7)8-10-3-2-4-11-8/h2-4,7,9H,5-6H2,1H3. The fraction of sp³-hybridized carbons (Fsp3) is 0.500. The Kier molecular flexibility index (Phi) is 1.91. The van der Waals surface area contributed by atoms with E-state index in [9.17, 15) is 0 Å². The van der Waals surface area contributed by atoms with E-state index in [0.717, 1.165) is 19.0 Å². The minimum atomic E-state index is 0.605. The molecule has 1 saturated heterocycles. The molecule has 4 heteroatoms. The first-order chi connectivity index (χ1) is 5.90. The van der Waals surface area contributed by atoms with Gasteiger partial charge in [-0.25, -0.2) is 9.97 Å². The molecule has 1 aliphatic rings. The van der Waals surface area contributed by atoms with Crippen LogP contribution in [-0.4, -0.2) is 36.1 Å². The van der Waals surface area contributed by atoms with Gasteiger partial charge in [0.2, 0.25) is 5.95 Å². The molecule has 12 heavy (non-hydrogen) atoms. The Morgan fingerprint density at radius 3 is 2.67 bits per heavy atom. The van der Waals surface area contributed by atoms with Gasteiger partial charge in [-0.3, -0.25) is 0 Å². The van der Waals surface area contributed by atoms with Crippen molar-refractivity contribution in [1.29, 1.82) is 0 Å². The summed E-state index contributed by atoms with van der Waals surface area (Å²) < 4.78 is 0. The normalized spacial score (nSPS) is 17.6. The van der Waals surface area contributed by atoms with E-state index in [0.29, 0.717) is 6.04 Å². The van der Waals surface area contributed by atoms with Crippen molar-refractivity contribution in [1.82, 2.24) is 15.3 Å². The molecule has 1 N–H and O–H groups in total. The highest BCUT2D eigenvalue weighted by molar-refractivity contribution is 5.34. The molecule has 0 radical (unpaired) electrons. The monoisotopic (exact) mass is 164 g/mol. The molecule has 4 nitrogen and oxygen atoms in total. The molecule has 1 fully saturated rings. The van der Waals surface area contributed by atoms with Crippen LogP contribution < -0.4 is 10.2 Å². The van der Waals surface area contributed by atoms with Crippen molar-refractivity contribution in [2.75, 3.05) is 25.0 Å². The molecule has 0 aromatic carbocycles. The Hall–Kier alpha value is -1.16. The Morgan fingerprint density at radius 1 is 1.42 bits per heavy atom. The van der Waals surface area contributed by atoms with Crippen molar-refractivity contribution in [3.05, 3.63) is 18.5 Å². The van der Waals surface area contributed by atoms with E-state index in [1.54, 1.807) is 12.4 Å². The molecule has 0 bridgehead atoms. The first-order valence-electron chi connectivity index (χ1n) is 4.09. The second kappa shape index (κ2) is 3.06. The van der Waals surface area contributed by atoms with Crippen molar-refractivity contribution in [2.45, 2.75) is 6.04 Å². The summed E-state index contributed by atoms with van der Waals surface area (Å²) in [6.45, 7) is 2.03. The second-order valence-corrected chi connectivity index (χ2v) is 2.94. The topological polar surface area (TPSA) is 41.0 Å². The molecule has 2 heterocycles. The minimum Gasteiger partial charge on any atom is -0.338 e. The summed E-state index contributed by atoms with van der Waals surface area (Å²) in [5.74, 6) is 0.837. The average molecular weight is 164 g/mol. The van der Waals surface area contributed by atoms with Crippen molar-refractivity contribution in [3.63, 3.8) is 0 Å². The average Bonchev–Trinajstić information content (AvgIpc) is 2.04. The SMILES string of the molecule is CNC1CN(c2ncccn2)C1. The van der Waals surface area contributed by atoms with Crippen molar-refractivity contribution in [3.8, 4) is 0 Å². The van der Waals surface area contributed by atoms with Crippen molar-refractivity contribution < 1.29 is 0 Å². The molecule has 1 aliphatic heterocycles. The quantitative estimate of drug-likeness (QED) is 0.662. The fourth-order valence-electron chi connectivity index (χ4n) is 1.28. The minimum absolute atomic E-state index is 0.605. The third kappa shape index (κ3) is 1.25. The van der Waals surface area contributed by atoms with Crippen LogP contribution in [0, 0.1) is 0 Å². The summed E-state index contributed by atoms with van der Waals surface area (Å²) in [5, 5.41) is 3.20. The molecule has 0 aliphatic carbocycles. The van der Waals surface area contributed by atoms with Crippen LogP contribution in [0.4, 0.5) is 5.95 Å². The van der Waals surface area contributed by atoms with Crippen LogP contribution in [0.3, 0.4) is 0 Å². The highest BCUT2D eigenvalue weighted by Crippen LogP contribution is 2.13. The van der Waals surface area contributed by atoms with E-state index in [-0.39, 0.29) is 0 Å². The molecule has 0 spiro atoms. The summed E-state index contributed by atoms with van der Waals surface area (Å²) in [5.41, 5.74) is 0. The Balaban J connectivity index is 1.97. The first kappa shape index (κ1) is 7.49. The van der Waals surface area contributed by atoms with Gasteiger partial charge in [-0.05, 0) is 13.1 Å². The maximum Gasteiger partial charge on any atom is 0.225 e. The molecular formula is C8H12N4. The van der Waals surface area contributed by atoms with Gasteiger partial charge in [0.1, 0.15) is 0 Å². The van der Waals surface area contributed by atoms with Gasteiger partial charge >= 0.3 is 0 Å². The number of hydrogen-bond acceptors (Lipinski definition) is 4. The molecule has 0 saturated carbocycles. The molecule has 1 aromatic rings. The second-order valence-electron chi connectivity index (χ2n) is 2.94. The summed E-state index contributed by atoms with van der Waals surface area (Å²) in [6, 6.07) is 2.44. The van der Waals surface area contributed by atoms with Gasteiger partial charge in [0.25, 0.3) is 0 Å². The molecule has 0 unspecified atom stereocenters. The highest BCUT2D eigenvalue weighted by atomic mass is 15.3. The van der Waals surface area contributed by atoms with Gasteiger partial charge in [-0.2, -0.15) is 0 Å². The van der Waals surface area contributed by atoms with Gasteiger partial charge in [-0.15, -0.1) is 0 Å². The molecule has 64 valence electrons. The van der Waals surface area contributed by atoms with E-state index in [1.165, 1.54) is 0 Å². The predicted octanol–water partition coefficient (Wildman–Crippen LogP) is -0.115. The number of aromatic nitrogens is 2. The Bertz CT molecular complexity index is 242. The van der Waals surface area contributed by atoms with Crippen LogP contribution in [0.1, 0.15) is 0 Å². The zero-order valence-electron chi connectivity index (χ0n) is 7.07. The van der Waals surface area contributed by atoms with E-state index in [4.69, 9.17) is 0 Å². The van der Waals surface area contributed by atoms with Crippen molar-refractivity contribution >= 4 is 5.95 Å². The summed E-state index contributed by atoms with van der Waals surface area (Å²) in [7, 11) is 1.98. The van der Waals surface area contributed by atoms with Gasteiger partial charge in [0.15, 0.2) is 0 Å². The predicted molar refractivity (Wildman–Crippen MR) is 47.1 cm³/mol. The fourth-order valence-corrected chi connectivity index (χ4v) is 1.28. The van der Waals surface area contributed by atoms with Crippen LogP contribution in [0.5, 0.6) is 0 Å². The van der Waals surface area contributed by atoms with Crippen LogP contribution in [0.15, 0.2) is 18.5 Å². The van der Waals surface area contributed by atoms with Crippen molar-refractivity contribution in [2.24, 2.45) is 0 Å². The lowest BCUT2D eigenvalue weighted by atomic mass is 10.1. The summed E-state index contributed by atoms with van der Waals surface area (Å²) in [6.07, 6.45) is 3.55. The molecule has 0 amide bonds. The lowest BCUT2D eigenvalue weighted by Gasteiger charge is -2.38. The first-order valence-corrected chi connectivity index (χ1v) is 4.09. The number of anilines is 1. The molecule has 1 aromatic heterocycles. The third-order valence-electron chi connectivity index (χ3n) is 2.12.